The first-order valence-electron chi connectivity index (χ1n) is 5.71. The van der Waals surface area contributed by atoms with Crippen molar-refractivity contribution in [2.45, 2.75) is 39.5 Å². The Hall–Kier alpha value is -0.960. The molecule has 0 radical (unpaired) electrons. The highest BCUT2D eigenvalue weighted by atomic mass is 14.9. The van der Waals surface area contributed by atoms with Gasteiger partial charge in [-0.25, -0.2) is 9.97 Å². The fraction of sp³-hybridized carbons (Fsp3) is 0.667. The zero-order valence-electron chi connectivity index (χ0n) is 9.80. The summed E-state index contributed by atoms with van der Waals surface area (Å²) in [6.07, 6.45) is 2.34. The highest BCUT2D eigenvalue weighted by Gasteiger charge is 2.18. The van der Waals surface area contributed by atoms with Crippen molar-refractivity contribution in [1.82, 2.24) is 15.3 Å². The third-order valence-corrected chi connectivity index (χ3v) is 3.35. The van der Waals surface area contributed by atoms with Crippen LogP contribution in [0.4, 0.5) is 0 Å². The van der Waals surface area contributed by atoms with Crippen molar-refractivity contribution >= 4 is 0 Å². The lowest BCUT2D eigenvalue weighted by Crippen LogP contribution is -2.27. The molecule has 1 aliphatic rings. The average molecular weight is 205 g/mol. The number of nitrogens with zero attached hydrogens (tertiary/aromatic N) is 2. The van der Waals surface area contributed by atoms with Gasteiger partial charge in [0.2, 0.25) is 0 Å². The van der Waals surface area contributed by atoms with Gasteiger partial charge in [0.25, 0.3) is 0 Å². The zero-order chi connectivity index (χ0) is 10.8. The Bertz CT molecular complexity index is 331. The van der Waals surface area contributed by atoms with E-state index >= 15 is 0 Å². The van der Waals surface area contributed by atoms with Crippen molar-refractivity contribution < 1.29 is 0 Å². The minimum atomic E-state index is 0.559. The predicted molar refractivity (Wildman–Crippen MR) is 61.1 cm³/mol. The highest BCUT2D eigenvalue weighted by Crippen LogP contribution is 2.23. The van der Waals surface area contributed by atoms with Gasteiger partial charge in [-0.05, 0) is 52.3 Å². The van der Waals surface area contributed by atoms with Crippen LogP contribution < -0.4 is 5.32 Å². The quantitative estimate of drug-likeness (QED) is 0.760. The van der Waals surface area contributed by atoms with Crippen LogP contribution in [0.3, 0.4) is 0 Å². The van der Waals surface area contributed by atoms with Gasteiger partial charge in [-0.3, -0.25) is 0 Å². The fourth-order valence-electron chi connectivity index (χ4n) is 2.06. The fourth-order valence-corrected chi connectivity index (χ4v) is 2.06. The van der Waals surface area contributed by atoms with Crippen molar-refractivity contribution in [1.29, 1.82) is 0 Å². The Labute approximate surface area is 91.3 Å². The molecule has 82 valence electrons. The third kappa shape index (κ3) is 2.17. The molecule has 1 fully saturated rings. The Kier molecular flexibility index (Phi) is 3.00. The second-order valence-electron chi connectivity index (χ2n) is 4.40. The molecule has 0 spiro atoms. The number of nitrogens with one attached hydrogen (secondary N) is 1. The van der Waals surface area contributed by atoms with Gasteiger partial charge >= 0.3 is 0 Å². The number of hydrogen-bond acceptors (Lipinski definition) is 3. The summed E-state index contributed by atoms with van der Waals surface area (Å²) in [6, 6.07) is 0. The number of piperidine rings is 1. The van der Waals surface area contributed by atoms with Crippen LogP contribution in [0.15, 0.2) is 0 Å². The normalized spacial score (nSPS) is 18.1. The monoisotopic (exact) mass is 205 g/mol. The van der Waals surface area contributed by atoms with Crippen LogP contribution in [0.2, 0.25) is 0 Å². The van der Waals surface area contributed by atoms with Crippen LogP contribution in [-0.2, 0) is 0 Å². The Morgan fingerprint density at radius 3 is 2.07 bits per heavy atom. The summed E-state index contributed by atoms with van der Waals surface area (Å²) in [5.74, 6) is 1.61. The second kappa shape index (κ2) is 4.27. The molecule has 0 bridgehead atoms. The third-order valence-electron chi connectivity index (χ3n) is 3.35. The first-order valence-corrected chi connectivity index (χ1v) is 5.71. The van der Waals surface area contributed by atoms with Crippen LogP contribution in [0.5, 0.6) is 0 Å². The summed E-state index contributed by atoms with van der Waals surface area (Å²) in [7, 11) is 0. The van der Waals surface area contributed by atoms with Gasteiger partial charge in [-0.15, -0.1) is 0 Å². The van der Waals surface area contributed by atoms with Gasteiger partial charge in [0, 0.05) is 17.3 Å². The topological polar surface area (TPSA) is 37.8 Å². The second-order valence-corrected chi connectivity index (χ2v) is 4.40. The van der Waals surface area contributed by atoms with Gasteiger partial charge in [0.1, 0.15) is 5.82 Å². The van der Waals surface area contributed by atoms with E-state index in [1.54, 1.807) is 0 Å². The number of rotatable bonds is 1. The molecule has 1 saturated heterocycles. The van der Waals surface area contributed by atoms with Gasteiger partial charge in [0.15, 0.2) is 0 Å². The van der Waals surface area contributed by atoms with E-state index in [-0.39, 0.29) is 0 Å². The van der Waals surface area contributed by atoms with E-state index in [0.717, 1.165) is 30.3 Å². The van der Waals surface area contributed by atoms with Gasteiger partial charge in [0.05, 0.1) is 0 Å². The first-order chi connectivity index (χ1) is 7.18. The van der Waals surface area contributed by atoms with Crippen molar-refractivity contribution in [3.05, 3.63) is 22.8 Å². The van der Waals surface area contributed by atoms with Crippen molar-refractivity contribution in [2.75, 3.05) is 13.1 Å². The van der Waals surface area contributed by atoms with E-state index in [9.17, 15) is 0 Å². The van der Waals surface area contributed by atoms with E-state index in [1.165, 1.54) is 18.4 Å². The molecule has 15 heavy (non-hydrogen) atoms. The minimum absolute atomic E-state index is 0.559. The standard InChI is InChI=1S/C12H19N3/c1-8-9(2)14-12(15-10(8)3)11-4-6-13-7-5-11/h11,13H,4-7H2,1-3H3. The smallest absolute Gasteiger partial charge is 0.132 e. The summed E-state index contributed by atoms with van der Waals surface area (Å²) in [6.45, 7) is 8.44. The summed E-state index contributed by atoms with van der Waals surface area (Å²) in [5, 5.41) is 3.37. The molecular weight excluding hydrogens is 186 g/mol. The summed E-state index contributed by atoms with van der Waals surface area (Å²) in [5.41, 5.74) is 3.50. The molecule has 0 amide bonds. The molecule has 3 nitrogen and oxygen atoms in total. The van der Waals surface area contributed by atoms with Gasteiger partial charge < -0.3 is 5.32 Å². The Morgan fingerprint density at radius 1 is 1.00 bits per heavy atom. The molecule has 0 atom stereocenters. The molecule has 2 rings (SSSR count). The largest absolute Gasteiger partial charge is 0.317 e. The van der Waals surface area contributed by atoms with Crippen molar-refractivity contribution in [3.8, 4) is 0 Å². The zero-order valence-corrected chi connectivity index (χ0v) is 9.80. The van der Waals surface area contributed by atoms with Crippen LogP contribution >= 0.6 is 0 Å². The summed E-state index contributed by atoms with van der Waals surface area (Å²) < 4.78 is 0. The molecule has 1 aliphatic heterocycles. The van der Waals surface area contributed by atoms with Crippen LogP contribution in [0.25, 0.3) is 0 Å². The number of aryl methyl sites for hydroxylation is 2. The maximum Gasteiger partial charge on any atom is 0.132 e. The van der Waals surface area contributed by atoms with E-state index in [2.05, 4.69) is 36.1 Å². The Balaban J connectivity index is 2.27. The van der Waals surface area contributed by atoms with E-state index in [1.807, 2.05) is 0 Å². The van der Waals surface area contributed by atoms with Crippen LogP contribution in [0, 0.1) is 20.8 Å². The minimum Gasteiger partial charge on any atom is -0.317 e. The Morgan fingerprint density at radius 2 is 1.53 bits per heavy atom. The van der Waals surface area contributed by atoms with E-state index < -0.39 is 0 Å². The molecule has 1 N–H and O–H groups in total. The molecule has 0 aliphatic carbocycles. The lowest BCUT2D eigenvalue weighted by atomic mass is 9.97. The molecule has 1 aromatic heterocycles. The highest BCUT2D eigenvalue weighted by molar-refractivity contribution is 5.23. The molecule has 2 heterocycles. The molecule has 0 saturated carbocycles. The van der Waals surface area contributed by atoms with E-state index in [0.29, 0.717) is 5.92 Å². The molecule has 0 aromatic carbocycles. The van der Waals surface area contributed by atoms with Gasteiger partial charge in [-0.1, -0.05) is 0 Å². The van der Waals surface area contributed by atoms with Gasteiger partial charge in [-0.2, -0.15) is 0 Å². The molecular formula is C12H19N3. The number of hydrogen-bond donors (Lipinski definition) is 1. The first kappa shape index (κ1) is 10.6. The predicted octanol–water partition coefficient (Wildman–Crippen LogP) is 1.87. The average Bonchev–Trinajstić information content (AvgIpc) is 2.26. The van der Waals surface area contributed by atoms with Crippen molar-refractivity contribution in [2.24, 2.45) is 0 Å². The number of aromatic nitrogens is 2. The molecule has 1 aromatic rings. The lowest BCUT2D eigenvalue weighted by molar-refractivity contribution is 0.443. The van der Waals surface area contributed by atoms with E-state index in [4.69, 9.17) is 0 Å². The lowest BCUT2D eigenvalue weighted by Gasteiger charge is -2.22. The van der Waals surface area contributed by atoms with Crippen LogP contribution in [0.1, 0.15) is 41.5 Å². The molecule has 0 unspecified atom stereocenters. The maximum absolute atomic E-state index is 4.62. The van der Waals surface area contributed by atoms with Crippen molar-refractivity contribution in [3.63, 3.8) is 0 Å². The maximum atomic E-state index is 4.62. The molecule has 3 heteroatoms. The van der Waals surface area contributed by atoms with Crippen LogP contribution in [-0.4, -0.2) is 23.1 Å². The summed E-state index contributed by atoms with van der Waals surface area (Å²) in [4.78, 5) is 9.24. The SMILES string of the molecule is Cc1nc(C2CCNCC2)nc(C)c1C. The summed E-state index contributed by atoms with van der Waals surface area (Å²) >= 11 is 0.